The van der Waals surface area contributed by atoms with Crippen LogP contribution in [0.2, 0.25) is 5.02 Å². The van der Waals surface area contributed by atoms with Crippen LogP contribution in [0.4, 0.5) is 0 Å². The van der Waals surface area contributed by atoms with Gasteiger partial charge >= 0.3 is 5.97 Å². The molecule has 1 aliphatic heterocycles. The quantitative estimate of drug-likeness (QED) is 0.263. The topological polar surface area (TPSA) is 62.7 Å². The fraction of sp³-hybridized carbons (Fsp3) is 0.481. The van der Waals surface area contributed by atoms with Crippen LogP contribution in [0.1, 0.15) is 54.9 Å². The van der Waals surface area contributed by atoms with Gasteiger partial charge in [-0.15, -0.1) is 0 Å². The van der Waals surface area contributed by atoms with E-state index in [4.69, 9.17) is 29.0 Å². The van der Waals surface area contributed by atoms with Gasteiger partial charge in [0, 0.05) is 16.8 Å². The normalized spacial score (nSPS) is 16.9. The monoisotopic (exact) mass is 532 g/mol. The van der Waals surface area contributed by atoms with E-state index >= 15 is 0 Å². The maximum absolute atomic E-state index is 11.8. The number of hydrogen-bond acceptors (Lipinski definition) is 6. The van der Waals surface area contributed by atoms with E-state index in [0.717, 1.165) is 80.4 Å². The predicted octanol–water partition coefficient (Wildman–Crippen LogP) is 6.90. The Morgan fingerprint density at radius 1 is 1.34 bits per heavy atom. The highest BCUT2D eigenvalue weighted by atomic mass is 35.5. The number of nitrogens with zero attached hydrogens (tertiary/aromatic N) is 2. The van der Waals surface area contributed by atoms with Crippen LogP contribution in [0.3, 0.4) is 0 Å². The second-order valence-electron chi connectivity index (χ2n) is 9.59. The summed E-state index contributed by atoms with van der Waals surface area (Å²) in [4.78, 5) is 18.7. The highest BCUT2D eigenvalue weighted by Crippen LogP contribution is 2.41. The molecule has 0 saturated carbocycles. The first-order chi connectivity index (χ1) is 16.9. The lowest BCUT2D eigenvalue weighted by molar-refractivity contribution is -0.140. The van der Waals surface area contributed by atoms with Gasteiger partial charge < -0.3 is 14.7 Å². The molecule has 3 heterocycles. The number of hydrogen-bond donors (Lipinski definition) is 2. The smallest absolute Gasteiger partial charge is 0.303 e. The average molecular weight is 533 g/mol. The minimum absolute atomic E-state index is 0.164. The molecule has 1 unspecified atom stereocenters. The number of thiol groups is 1. The Labute approximate surface area is 221 Å². The van der Waals surface area contributed by atoms with E-state index in [0.29, 0.717) is 5.02 Å². The highest BCUT2D eigenvalue weighted by molar-refractivity contribution is 7.80. The SMILES string of the molecule is COc1ccc2ncc(Cl)c(CCCC3(CC(=O)O)CCN(CCC(S)c4ccsc4)CC3)c2c1. The molecule has 2 aromatic heterocycles. The number of thiophene rings is 1. The summed E-state index contributed by atoms with van der Waals surface area (Å²) in [5, 5.41) is 15.8. The van der Waals surface area contributed by atoms with Crippen LogP contribution in [0.15, 0.2) is 41.2 Å². The fourth-order valence-electron chi connectivity index (χ4n) is 5.25. The van der Waals surface area contributed by atoms with Gasteiger partial charge in [-0.1, -0.05) is 11.6 Å². The molecule has 1 N–H and O–H groups in total. The number of pyridine rings is 1. The van der Waals surface area contributed by atoms with Crippen molar-refractivity contribution in [2.45, 2.75) is 50.2 Å². The van der Waals surface area contributed by atoms with Gasteiger partial charge in [0.1, 0.15) is 5.75 Å². The van der Waals surface area contributed by atoms with Crippen LogP contribution in [0.5, 0.6) is 5.75 Å². The van der Waals surface area contributed by atoms with Gasteiger partial charge in [0.25, 0.3) is 0 Å². The van der Waals surface area contributed by atoms with Gasteiger partial charge in [-0.3, -0.25) is 9.78 Å². The number of piperidine rings is 1. The molecule has 8 heteroatoms. The molecule has 35 heavy (non-hydrogen) atoms. The van der Waals surface area contributed by atoms with E-state index in [-0.39, 0.29) is 17.1 Å². The number of halogens is 1. The highest BCUT2D eigenvalue weighted by Gasteiger charge is 2.36. The molecular weight excluding hydrogens is 500 g/mol. The third-order valence-corrected chi connectivity index (χ3v) is 8.94. The molecule has 0 amide bonds. The van der Waals surface area contributed by atoms with E-state index in [1.54, 1.807) is 24.6 Å². The number of carboxylic acid groups (broad SMARTS) is 1. The lowest BCUT2D eigenvalue weighted by Gasteiger charge is -2.41. The maximum Gasteiger partial charge on any atom is 0.303 e. The first kappa shape index (κ1) is 26.3. The first-order valence-electron chi connectivity index (χ1n) is 12.1. The molecule has 188 valence electrons. The van der Waals surface area contributed by atoms with Crippen molar-refractivity contribution < 1.29 is 14.6 Å². The standard InChI is InChI=1S/C27H33ClN2O3S2/c1-33-20-4-5-24-22(15-20)21(23(28)17-29-24)3-2-8-27(16-26(31)32)9-12-30(13-10-27)11-6-25(34)19-7-14-35-18-19/h4-5,7,14-15,17-18,25,34H,2-3,6,8-13,16H2,1H3,(H,31,32). The first-order valence-corrected chi connectivity index (χ1v) is 14.0. The Hall–Kier alpha value is -1.80. The third-order valence-electron chi connectivity index (χ3n) is 7.36. The van der Waals surface area contributed by atoms with Crippen molar-refractivity contribution in [3.05, 3.63) is 57.4 Å². The second kappa shape index (κ2) is 12.0. The molecule has 1 fully saturated rings. The van der Waals surface area contributed by atoms with Gasteiger partial charge in [-0.2, -0.15) is 24.0 Å². The number of carbonyl (C=O) groups is 1. The molecule has 4 rings (SSSR count). The minimum Gasteiger partial charge on any atom is -0.497 e. The Balaban J connectivity index is 1.37. The van der Waals surface area contributed by atoms with Gasteiger partial charge in [0.2, 0.25) is 0 Å². The number of rotatable bonds is 11. The lowest BCUT2D eigenvalue weighted by Crippen LogP contribution is -2.41. The molecular formula is C27H33ClN2O3S2. The van der Waals surface area contributed by atoms with Crippen LogP contribution in [-0.2, 0) is 11.2 Å². The maximum atomic E-state index is 11.8. The second-order valence-corrected chi connectivity index (χ2v) is 11.4. The molecule has 1 aromatic carbocycles. The van der Waals surface area contributed by atoms with Crippen LogP contribution < -0.4 is 4.74 Å². The van der Waals surface area contributed by atoms with Crippen LogP contribution >= 0.6 is 35.6 Å². The number of aliphatic carboxylic acids is 1. The number of aryl methyl sites for hydroxylation is 1. The summed E-state index contributed by atoms with van der Waals surface area (Å²) in [5.41, 5.74) is 3.08. The van der Waals surface area contributed by atoms with Gasteiger partial charge in [-0.05, 0) is 110 Å². The fourth-order valence-corrected chi connectivity index (χ4v) is 6.58. The number of methoxy groups -OCH3 is 1. The van der Waals surface area contributed by atoms with Crippen LogP contribution in [-0.4, -0.2) is 47.7 Å². The molecule has 3 aromatic rings. The zero-order chi connectivity index (χ0) is 24.8. The van der Waals surface area contributed by atoms with E-state index in [9.17, 15) is 9.90 Å². The predicted molar refractivity (Wildman–Crippen MR) is 147 cm³/mol. The molecule has 1 saturated heterocycles. The average Bonchev–Trinajstić information content (AvgIpc) is 3.39. The Morgan fingerprint density at radius 3 is 2.83 bits per heavy atom. The number of carboxylic acids is 1. The summed E-state index contributed by atoms with van der Waals surface area (Å²) < 4.78 is 5.40. The van der Waals surface area contributed by atoms with Crippen molar-refractivity contribution in [3.63, 3.8) is 0 Å². The lowest BCUT2D eigenvalue weighted by atomic mass is 9.72. The zero-order valence-corrected chi connectivity index (χ0v) is 22.5. The van der Waals surface area contributed by atoms with E-state index in [2.05, 4.69) is 26.7 Å². The summed E-state index contributed by atoms with van der Waals surface area (Å²) in [5.74, 6) is 0.0726. The van der Waals surface area contributed by atoms with Gasteiger partial charge in [-0.25, -0.2) is 0 Å². The number of fused-ring (bicyclic) bond motifs is 1. The Morgan fingerprint density at radius 2 is 2.14 bits per heavy atom. The van der Waals surface area contributed by atoms with E-state index in [1.165, 1.54) is 5.56 Å². The molecule has 5 nitrogen and oxygen atoms in total. The van der Waals surface area contributed by atoms with E-state index in [1.807, 2.05) is 18.2 Å². The van der Waals surface area contributed by atoms with Gasteiger partial charge in [0.15, 0.2) is 0 Å². The van der Waals surface area contributed by atoms with Crippen molar-refractivity contribution in [2.75, 3.05) is 26.7 Å². The van der Waals surface area contributed by atoms with Crippen molar-refractivity contribution in [3.8, 4) is 5.75 Å². The number of ether oxygens (including phenoxy) is 1. The molecule has 0 spiro atoms. The Kier molecular flexibility index (Phi) is 8.97. The number of likely N-dealkylation sites (tertiary alicyclic amines) is 1. The molecule has 0 radical (unpaired) electrons. The van der Waals surface area contributed by atoms with Crippen molar-refractivity contribution in [2.24, 2.45) is 5.41 Å². The summed E-state index contributed by atoms with van der Waals surface area (Å²) in [6, 6.07) is 7.98. The van der Waals surface area contributed by atoms with Crippen molar-refractivity contribution >= 4 is 52.4 Å². The van der Waals surface area contributed by atoms with E-state index < -0.39 is 5.97 Å². The van der Waals surface area contributed by atoms with Crippen LogP contribution in [0.25, 0.3) is 10.9 Å². The number of aromatic nitrogens is 1. The molecule has 1 atom stereocenters. The number of benzene rings is 1. The van der Waals surface area contributed by atoms with Crippen molar-refractivity contribution in [1.82, 2.24) is 9.88 Å². The summed E-state index contributed by atoms with van der Waals surface area (Å²) >= 11 is 13.0. The van der Waals surface area contributed by atoms with Crippen LogP contribution in [0, 0.1) is 5.41 Å². The summed E-state index contributed by atoms with van der Waals surface area (Å²) in [7, 11) is 1.65. The molecule has 0 bridgehead atoms. The third kappa shape index (κ3) is 6.70. The zero-order valence-electron chi connectivity index (χ0n) is 20.1. The molecule has 0 aliphatic carbocycles. The minimum atomic E-state index is -0.705. The van der Waals surface area contributed by atoms with Crippen molar-refractivity contribution in [1.29, 1.82) is 0 Å². The molecule has 1 aliphatic rings. The largest absolute Gasteiger partial charge is 0.497 e. The van der Waals surface area contributed by atoms with Gasteiger partial charge in [0.05, 0.1) is 24.1 Å². The summed E-state index contributed by atoms with van der Waals surface area (Å²) in [6.07, 6.45) is 7.31. The summed E-state index contributed by atoms with van der Waals surface area (Å²) in [6.45, 7) is 2.87. The Bertz CT molecular complexity index is 1130.